The molecule has 0 aliphatic carbocycles. The van der Waals surface area contributed by atoms with E-state index >= 15 is 0 Å². The highest BCUT2D eigenvalue weighted by molar-refractivity contribution is 7.14. The lowest BCUT2D eigenvalue weighted by Crippen LogP contribution is -2.30. The van der Waals surface area contributed by atoms with E-state index in [9.17, 15) is 14.0 Å². The summed E-state index contributed by atoms with van der Waals surface area (Å²) in [5.74, 6) is -1.87. The molecule has 0 saturated heterocycles. The quantitative estimate of drug-likeness (QED) is 0.890. The van der Waals surface area contributed by atoms with Crippen LogP contribution < -0.4 is 10.1 Å². The monoisotopic (exact) mass is 309 g/mol. The molecule has 0 saturated carbocycles. The lowest BCUT2D eigenvalue weighted by Gasteiger charge is -2.14. The fraction of sp³-hybridized carbons (Fsp3) is 0.143. The van der Waals surface area contributed by atoms with E-state index in [1.165, 1.54) is 31.2 Å². The molecule has 1 heterocycles. The molecule has 1 aromatic heterocycles. The van der Waals surface area contributed by atoms with Crippen LogP contribution >= 0.6 is 11.3 Å². The molecule has 0 radical (unpaired) electrons. The van der Waals surface area contributed by atoms with Gasteiger partial charge >= 0.3 is 5.97 Å². The van der Waals surface area contributed by atoms with Gasteiger partial charge in [0.2, 0.25) is 0 Å². The van der Waals surface area contributed by atoms with Gasteiger partial charge in [0.1, 0.15) is 16.6 Å². The van der Waals surface area contributed by atoms with Crippen molar-refractivity contribution >= 4 is 28.2 Å². The van der Waals surface area contributed by atoms with Gasteiger partial charge in [0.15, 0.2) is 6.10 Å². The molecular formula is C14H12FNO4S. The van der Waals surface area contributed by atoms with E-state index in [-0.39, 0.29) is 16.3 Å². The SMILES string of the molecule is CC(Oc1cccc(F)c1)C(=O)Nc1sccc1C(=O)O. The number of rotatable bonds is 5. The number of carboxylic acid groups (broad SMARTS) is 1. The van der Waals surface area contributed by atoms with Crippen LogP contribution in [0.25, 0.3) is 0 Å². The second-order valence-electron chi connectivity index (χ2n) is 4.18. The van der Waals surface area contributed by atoms with Gasteiger partial charge in [-0.3, -0.25) is 4.79 Å². The summed E-state index contributed by atoms with van der Waals surface area (Å²) in [6, 6.07) is 6.83. The zero-order valence-electron chi connectivity index (χ0n) is 11.0. The minimum absolute atomic E-state index is 0.0197. The van der Waals surface area contributed by atoms with Gasteiger partial charge in [-0.15, -0.1) is 11.3 Å². The standard InChI is InChI=1S/C14H12FNO4S/c1-8(20-10-4-2-3-9(15)7-10)12(17)16-13-11(14(18)19)5-6-21-13/h2-8H,1H3,(H,16,17)(H,18,19). The van der Waals surface area contributed by atoms with Gasteiger partial charge in [-0.25, -0.2) is 9.18 Å². The molecule has 2 aromatic rings. The minimum atomic E-state index is -1.12. The van der Waals surface area contributed by atoms with Gasteiger partial charge in [-0.2, -0.15) is 0 Å². The van der Waals surface area contributed by atoms with Crippen molar-refractivity contribution in [3.8, 4) is 5.75 Å². The minimum Gasteiger partial charge on any atom is -0.481 e. The molecule has 0 aliphatic heterocycles. The van der Waals surface area contributed by atoms with Crippen LogP contribution in [-0.2, 0) is 4.79 Å². The molecule has 1 amide bonds. The maximum atomic E-state index is 13.0. The first kappa shape index (κ1) is 15.0. The fourth-order valence-electron chi connectivity index (χ4n) is 1.59. The third kappa shape index (κ3) is 3.79. The number of carboxylic acids is 1. The van der Waals surface area contributed by atoms with Gasteiger partial charge in [0.05, 0.1) is 5.56 Å². The van der Waals surface area contributed by atoms with E-state index in [1.54, 1.807) is 5.38 Å². The summed E-state index contributed by atoms with van der Waals surface area (Å²) in [6.45, 7) is 1.49. The number of nitrogens with one attached hydrogen (secondary N) is 1. The average Bonchev–Trinajstić information content (AvgIpc) is 2.87. The van der Waals surface area contributed by atoms with Crippen LogP contribution in [0.1, 0.15) is 17.3 Å². The zero-order chi connectivity index (χ0) is 15.4. The molecule has 2 rings (SSSR count). The van der Waals surface area contributed by atoms with E-state index in [0.717, 1.165) is 17.4 Å². The summed E-state index contributed by atoms with van der Waals surface area (Å²) >= 11 is 1.10. The van der Waals surface area contributed by atoms with Crippen molar-refractivity contribution in [3.63, 3.8) is 0 Å². The Labute approximate surface area is 124 Å². The van der Waals surface area contributed by atoms with Crippen molar-refractivity contribution in [2.45, 2.75) is 13.0 Å². The first-order valence-corrected chi connectivity index (χ1v) is 6.89. The fourth-order valence-corrected chi connectivity index (χ4v) is 2.37. The van der Waals surface area contributed by atoms with E-state index < -0.39 is 23.8 Å². The molecule has 0 aliphatic rings. The van der Waals surface area contributed by atoms with Gasteiger partial charge in [0, 0.05) is 6.07 Å². The van der Waals surface area contributed by atoms with Crippen LogP contribution in [0.4, 0.5) is 9.39 Å². The van der Waals surface area contributed by atoms with Crippen molar-refractivity contribution in [2.75, 3.05) is 5.32 Å². The average molecular weight is 309 g/mol. The number of carbonyl (C=O) groups is 2. The molecule has 7 heteroatoms. The lowest BCUT2D eigenvalue weighted by atomic mass is 10.3. The van der Waals surface area contributed by atoms with Crippen LogP contribution in [0.5, 0.6) is 5.75 Å². The highest BCUT2D eigenvalue weighted by Crippen LogP contribution is 2.23. The van der Waals surface area contributed by atoms with Crippen molar-refractivity contribution < 1.29 is 23.8 Å². The number of amides is 1. The maximum absolute atomic E-state index is 13.0. The molecule has 21 heavy (non-hydrogen) atoms. The summed E-state index contributed by atoms with van der Waals surface area (Å²) < 4.78 is 18.3. The molecule has 0 fully saturated rings. The van der Waals surface area contributed by atoms with Gasteiger partial charge in [0.25, 0.3) is 5.91 Å². The number of thiophene rings is 1. The predicted molar refractivity (Wildman–Crippen MR) is 76.4 cm³/mol. The molecule has 1 atom stereocenters. The van der Waals surface area contributed by atoms with Crippen LogP contribution in [0.15, 0.2) is 35.7 Å². The van der Waals surface area contributed by atoms with Crippen molar-refractivity contribution in [3.05, 3.63) is 47.1 Å². The third-order valence-corrected chi connectivity index (χ3v) is 3.44. The third-order valence-electron chi connectivity index (χ3n) is 2.61. The van der Waals surface area contributed by atoms with Crippen molar-refractivity contribution in [1.29, 1.82) is 0 Å². The molecule has 5 nitrogen and oxygen atoms in total. The van der Waals surface area contributed by atoms with Crippen LogP contribution in [-0.4, -0.2) is 23.1 Å². The molecule has 1 aromatic carbocycles. The Morgan fingerprint density at radius 2 is 2.14 bits per heavy atom. The molecular weight excluding hydrogens is 297 g/mol. The summed E-state index contributed by atoms with van der Waals surface area (Å²) in [7, 11) is 0. The smallest absolute Gasteiger partial charge is 0.338 e. The lowest BCUT2D eigenvalue weighted by molar-refractivity contribution is -0.122. The van der Waals surface area contributed by atoms with Crippen molar-refractivity contribution in [2.24, 2.45) is 0 Å². The number of anilines is 1. The number of hydrogen-bond acceptors (Lipinski definition) is 4. The molecule has 0 bridgehead atoms. The summed E-state index contributed by atoms with van der Waals surface area (Å²) in [4.78, 5) is 22.9. The van der Waals surface area contributed by atoms with E-state index in [0.29, 0.717) is 0 Å². The number of aromatic carboxylic acids is 1. The molecule has 0 spiro atoms. The number of hydrogen-bond donors (Lipinski definition) is 2. The van der Waals surface area contributed by atoms with Gasteiger partial charge in [-0.1, -0.05) is 6.07 Å². The van der Waals surface area contributed by atoms with E-state index in [1.807, 2.05) is 0 Å². The molecule has 1 unspecified atom stereocenters. The Balaban J connectivity index is 2.03. The predicted octanol–water partition coefficient (Wildman–Crippen LogP) is 2.99. The van der Waals surface area contributed by atoms with Crippen LogP contribution in [0.3, 0.4) is 0 Å². The van der Waals surface area contributed by atoms with Gasteiger partial charge in [-0.05, 0) is 30.5 Å². The second kappa shape index (κ2) is 6.36. The Bertz CT molecular complexity index is 670. The molecule has 2 N–H and O–H groups in total. The largest absolute Gasteiger partial charge is 0.481 e. The Kier molecular flexibility index (Phi) is 4.54. The maximum Gasteiger partial charge on any atom is 0.338 e. The number of ether oxygens (including phenoxy) is 1. The van der Waals surface area contributed by atoms with E-state index in [4.69, 9.17) is 9.84 Å². The second-order valence-corrected chi connectivity index (χ2v) is 5.09. The number of benzene rings is 1. The number of halogens is 1. The van der Waals surface area contributed by atoms with Crippen molar-refractivity contribution in [1.82, 2.24) is 0 Å². The zero-order valence-corrected chi connectivity index (χ0v) is 11.8. The first-order valence-electron chi connectivity index (χ1n) is 6.01. The highest BCUT2D eigenvalue weighted by atomic mass is 32.1. The number of carbonyl (C=O) groups excluding carboxylic acids is 1. The van der Waals surface area contributed by atoms with Crippen LogP contribution in [0.2, 0.25) is 0 Å². The van der Waals surface area contributed by atoms with E-state index in [2.05, 4.69) is 5.32 Å². The normalized spacial score (nSPS) is 11.7. The Hall–Kier alpha value is -2.41. The summed E-state index contributed by atoms with van der Waals surface area (Å²) in [5.41, 5.74) is 0.0197. The Morgan fingerprint density at radius 3 is 2.81 bits per heavy atom. The molecule has 110 valence electrons. The topological polar surface area (TPSA) is 75.6 Å². The summed E-state index contributed by atoms with van der Waals surface area (Å²) in [6.07, 6.45) is -0.893. The Morgan fingerprint density at radius 1 is 1.38 bits per heavy atom. The summed E-state index contributed by atoms with van der Waals surface area (Å²) in [5, 5.41) is 13.2. The van der Waals surface area contributed by atoms with Gasteiger partial charge < -0.3 is 15.2 Å². The first-order chi connectivity index (χ1) is 9.97. The van der Waals surface area contributed by atoms with Crippen LogP contribution in [0, 0.1) is 5.82 Å². The highest BCUT2D eigenvalue weighted by Gasteiger charge is 2.19.